The lowest BCUT2D eigenvalue weighted by atomic mass is 10.2. The van der Waals surface area contributed by atoms with Crippen LogP contribution in [0.5, 0.6) is 0 Å². The van der Waals surface area contributed by atoms with Crippen molar-refractivity contribution in [3.05, 3.63) is 35.9 Å². The predicted octanol–water partition coefficient (Wildman–Crippen LogP) is 0.924. The van der Waals surface area contributed by atoms with Gasteiger partial charge in [0.05, 0.1) is 5.56 Å². The Balaban J connectivity index is 2.43. The quantitative estimate of drug-likeness (QED) is 0.580. The second kappa shape index (κ2) is 6.13. The zero-order chi connectivity index (χ0) is 11.1. The topological polar surface area (TPSA) is 56.8 Å². The molecule has 0 saturated carbocycles. The van der Waals surface area contributed by atoms with Crippen LogP contribution in [0.25, 0.3) is 0 Å². The molecule has 0 atom stereocenters. The normalized spacial score (nSPS) is 10.3. The summed E-state index contributed by atoms with van der Waals surface area (Å²) in [7, 11) is 2.86. The molecule has 0 unspecified atom stereocenters. The molecule has 5 heteroatoms. The number of hydrogen-bond donors (Lipinski definition) is 1. The Labute approximate surface area is 87.9 Å². The van der Waals surface area contributed by atoms with E-state index in [-0.39, 0.29) is 0 Å². The van der Waals surface area contributed by atoms with Crippen LogP contribution in [0, 0.1) is 0 Å². The Morgan fingerprint density at radius 2 is 1.80 bits per heavy atom. The van der Waals surface area contributed by atoms with Gasteiger partial charge in [0.1, 0.15) is 0 Å². The van der Waals surface area contributed by atoms with Gasteiger partial charge >= 0.3 is 5.97 Å². The maximum atomic E-state index is 11.4. The van der Waals surface area contributed by atoms with Gasteiger partial charge in [0.2, 0.25) is 6.41 Å². The second-order valence-corrected chi connectivity index (χ2v) is 2.68. The molecule has 0 aliphatic heterocycles. The minimum Gasteiger partial charge on any atom is -0.362 e. The minimum absolute atomic E-state index is 0.455. The van der Waals surface area contributed by atoms with E-state index in [0.717, 1.165) is 0 Å². The number of hydroxylamine groups is 1. The van der Waals surface area contributed by atoms with E-state index in [4.69, 9.17) is 14.3 Å². The fourth-order valence-electron chi connectivity index (χ4n) is 0.927. The van der Waals surface area contributed by atoms with Gasteiger partial charge in [-0.1, -0.05) is 23.7 Å². The average Bonchev–Trinajstić information content (AvgIpc) is 2.31. The number of rotatable bonds is 5. The fraction of sp³-hybridized carbons (Fsp3) is 0.300. The van der Waals surface area contributed by atoms with Crippen molar-refractivity contribution in [3.63, 3.8) is 0 Å². The summed E-state index contributed by atoms with van der Waals surface area (Å²) >= 11 is 0. The van der Waals surface area contributed by atoms with E-state index in [0.29, 0.717) is 5.56 Å². The van der Waals surface area contributed by atoms with Gasteiger partial charge in [-0.05, 0) is 12.1 Å². The van der Waals surface area contributed by atoms with Crippen molar-refractivity contribution in [1.29, 1.82) is 0 Å². The number of methoxy groups -OCH3 is 2. The molecule has 0 fully saturated rings. The largest absolute Gasteiger partial charge is 0.362 e. The van der Waals surface area contributed by atoms with E-state index < -0.39 is 12.4 Å². The third-order valence-electron chi connectivity index (χ3n) is 1.69. The van der Waals surface area contributed by atoms with Gasteiger partial charge in [-0.15, -0.1) is 0 Å². The molecule has 1 aromatic carbocycles. The van der Waals surface area contributed by atoms with Crippen molar-refractivity contribution < 1.29 is 19.1 Å². The number of carbonyl (C=O) groups excluding carboxylic acids is 1. The third-order valence-corrected chi connectivity index (χ3v) is 1.69. The summed E-state index contributed by atoms with van der Waals surface area (Å²) in [6.07, 6.45) is -0.766. The van der Waals surface area contributed by atoms with E-state index in [1.807, 2.05) is 6.07 Å². The zero-order valence-electron chi connectivity index (χ0n) is 8.60. The summed E-state index contributed by atoms with van der Waals surface area (Å²) in [6.45, 7) is 0. The molecule has 15 heavy (non-hydrogen) atoms. The molecule has 0 bridgehead atoms. The summed E-state index contributed by atoms with van der Waals surface area (Å²) in [5.41, 5.74) is 2.78. The summed E-state index contributed by atoms with van der Waals surface area (Å²) in [4.78, 5) is 16.1. The molecule has 0 spiro atoms. The van der Waals surface area contributed by atoms with Gasteiger partial charge in [-0.3, -0.25) is 0 Å². The molecule has 0 aromatic heterocycles. The van der Waals surface area contributed by atoms with E-state index >= 15 is 0 Å². The second-order valence-electron chi connectivity index (χ2n) is 2.68. The Morgan fingerprint density at radius 3 is 2.33 bits per heavy atom. The number of carbonyl (C=O) groups is 1. The van der Waals surface area contributed by atoms with Crippen LogP contribution in [-0.4, -0.2) is 26.6 Å². The molecular formula is C10H13NO4. The van der Waals surface area contributed by atoms with Crippen LogP contribution in [0.3, 0.4) is 0 Å². The fourth-order valence-corrected chi connectivity index (χ4v) is 0.927. The molecule has 0 aliphatic rings. The molecule has 0 aliphatic carbocycles. The maximum absolute atomic E-state index is 11.4. The Hall–Kier alpha value is -1.43. The van der Waals surface area contributed by atoms with Crippen LogP contribution < -0.4 is 5.48 Å². The highest BCUT2D eigenvalue weighted by Crippen LogP contribution is 2.00. The van der Waals surface area contributed by atoms with Gasteiger partial charge < -0.3 is 14.3 Å². The van der Waals surface area contributed by atoms with Gasteiger partial charge in [0.25, 0.3) is 0 Å². The van der Waals surface area contributed by atoms with Crippen molar-refractivity contribution >= 4 is 5.97 Å². The average molecular weight is 211 g/mol. The van der Waals surface area contributed by atoms with E-state index in [2.05, 4.69) is 5.48 Å². The summed E-state index contributed by atoms with van der Waals surface area (Å²) in [5.74, 6) is -0.491. The van der Waals surface area contributed by atoms with E-state index in [1.54, 1.807) is 24.3 Å². The summed E-state index contributed by atoms with van der Waals surface area (Å²) < 4.78 is 9.55. The van der Waals surface area contributed by atoms with Crippen molar-refractivity contribution in [3.8, 4) is 0 Å². The molecule has 0 amide bonds. The van der Waals surface area contributed by atoms with Crippen LogP contribution >= 0.6 is 0 Å². The Bertz CT molecular complexity index is 298. The standard InChI is InChI=1S/C10H13NO4/c1-13-10(14-2)11-15-9(12)8-6-4-3-5-7-8/h3-7,10-11H,1-2H3. The first-order valence-corrected chi connectivity index (χ1v) is 4.35. The highest BCUT2D eigenvalue weighted by molar-refractivity contribution is 5.89. The van der Waals surface area contributed by atoms with Gasteiger partial charge in [-0.25, -0.2) is 4.79 Å². The molecule has 0 radical (unpaired) electrons. The first kappa shape index (κ1) is 11.6. The van der Waals surface area contributed by atoms with Crippen LogP contribution in [0.15, 0.2) is 30.3 Å². The van der Waals surface area contributed by atoms with Crippen LogP contribution in [-0.2, 0) is 14.3 Å². The first-order valence-electron chi connectivity index (χ1n) is 4.35. The van der Waals surface area contributed by atoms with Crippen molar-refractivity contribution in [2.45, 2.75) is 6.41 Å². The SMILES string of the molecule is COC(NOC(=O)c1ccccc1)OC. The molecule has 1 N–H and O–H groups in total. The van der Waals surface area contributed by atoms with Crippen molar-refractivity contribution in [1.82, 2.24) is 5.48 Å². The highest BCUT2D eigenvalue weighted by Gasteiger charge is 2.10. The molecule has 1 rings (SSSR count). The molecule has 0 heterocycles. The lowest BCUT2D eigenvalue weighted by molar-refractivity contribution is -0.179. The molecule has 0 saturated heterocycles. The lowest BCUT2D eigenvalue weighted by Crippen LogP contribution is -2.34. The first-order chi connectivity index (χ1) is 7.27. The molecule has 82 valence electrons. The van der Waals surface area contributed by atoms with E-state index in [9.17, 15) is 4.79 Å². The Kier molecular flexibility index (Phi) is 4.76. The van der Waals surface area contributed by atoms with Crippen LogP contribution in [0.2, 0.25) is 0 Å². The summed E-state index contributed by atoms with van der Waals surface area (Å²) in [6, 6.07) is 8.62. The van der Waals surface area contributed by atoms with Crippen LogP contribution in [0.4, 0.5) is 0 Å². The zero-order valence-corrected chi connectivity index (χ0v) is 8.60. The minimum atomic E-state index is -0.766. The number of hydrogen-bond acceptors (Lipinski definition) is 5. The predicted molar refractivity (Wildman–Crippen MR) is 52.8 cm³/mol. The number of benzene rings is 1. The van der Waals surface area contributed by atoms with Crippen molar-refractivity contribution in [2.24, 2.45) is 0 Å². The smallest absolute Gasteiger partial charge is 0.356 e. The maximum Gasteiger partial charge on any atom is 0.356 e. The van der Waals surface area contributed by atoms with Gasteiger partial charge in [0, 0.05) is 14.2 Å². The number of nitrogens with one attached hydrogen (secondary N) is 1. The van der Waals surface area contributed by atoms with Crippen LogP contribution in [0.1, 0.15) is 10.4 Å². The highest BCUT2D eigenvalue weighted by atomic mass is 16.8. The monoisotopic (exact) mass is 211 g/mol. The molecule has 1 aromatic rings. The summed E-state index contributed by atoms with van der Waals surface area (Å²) in [5, 5.41) is 0. The van der Waals surface area contributed by atoms with Crippen molar-refractivity contribution in [2.75, 3.05) is 14.2 Å². The molecular weight excluding hydrogens is 198 g/mol. The van der Waals surface area contributed by atoms with E-state index in [1.165, 1.54) is 14.2 Å². The molecule has 5 nitrogen and oxygen atoms in total. The number of ether oxygens (including phenoxy) is 2. The lowest BCUT2D eigenvalue weighted by Gasteiger charge is -2.13. The Morgan fingerprint density at radius 1 is 1.20 bits per heavy atom. The van der Waals surface area contributed by atoms with Gasteiger partial charge in [0.15, 0.2) is 0 Å². The third kappa shape index (κ3) is 3.67. The van der Waals surface area contributed by atoms with Gasteiger partial charge in [-0.2, -0.15) is 0 Å².